The van der Waals surface area contributed by atoms with Gasteiger partial charge in [0.1, 0.15) is 5.69 Å². The van der Waals surface area contributed by atoms with Gasteiger partial charge in [-0.05, 0) is 13.1 Å². The van der Waals surface area contributed by atoms with Gasteiger partial charge in [-0.25, -0.2) is 0 Å². The highest BCUT2D eigenvalue weighted by atomic mass is 35.5. The third-order valence-electron chi connectivity index (χ3n) is 3.65. The third-order valence-corrected chi connectivity index (χ3v) is 4.04. The van der Waals surface area contributed by atoms with Gasteiger partial charge >= 0.3 is 0 Å². The van der Waals surface area contributed by atoms with Gasteiger partial charge in [0.15, 0.2) is 0 Å². The largest absolute Gasteiger partial charge is 0.349 e. The molecule has 100 valence electrons. The topological polar surface area (TPSA) is 39.3 Å². The summed E-state index contributed by atoms with van der Waals surface area (Å²) in [5.41, 5.74) is 1.41. The monoisotopic (exact) mass is 277 g/mol. The number of piperazine rings is 1. The van der Waals surface area contributed by atoms with Crippen molar-refractivity contribution in [1.82, 2.24) is 14.8 Å². The summed E-state index contributed by atoms with van der Waals surface area (Å²) in [6.45, 7) is 3.31. The molecule has 3 rings (SSSR count). The highest BCUT2D eigenvalue weighted by Crippen LogP contribution is 2.28. The number of amides is 1. The molecule has 4 nitrogen and oxygen atoms in total. The number of para-hydroxylation sites is 1. The smallest absolute Gasteiger partial charge is 0.271 e. The Hall–Kier alpha value is -1.52. The Morgan fingerprint density at radius 1 is 1.21 bits per heavy atom. The molecule has 1 amide bonds. The summed E-state index contributed by atoms with van der Waals surface area (Å²) in [4.78, 5) is 19.7. The van der Waals surface area contributed by atoms with Crippen LogP contribution in [-0.2, 0) is 0 Å². The Bertz CT molecular complexity index is 614. The number of hydrogen-bond donors (Lipinski definition) is 1. The van der Waals surface area contributed by atoms with Crippen molar-refractivity contribution in [3.8, 4) is 0 Å². The van der Waals surface area contributed by atoms with Gasteiger partial charge in [0.25, 0.3) is 5.91 Å². The zero-order valence-electron chi connectivity index (χ0n) is 10.8. The van der Waals surface area contributed by atoms with Crippen LogP contribution in [0.5, 0.6) is 0 Å². The van der Waals surface area contributed by atoms with Crippen LogP contribution in [0.1, 0.15) is 10.5 Å². The Morgan fingerprint density at radius 3 is 2.58 bits per heavy atom. The highest BCUT2D eigenvalue weighted by molar-refractivity contribution is 6.38. The maximum absolute atomic E-state index is 12.5. The first-order chi connectivity index (χ1) is 9.16. The average Bonchev–Trinajstić information content (AvgIpc) is 2.77. The maximum atomic E-state index is 12.5. The number of halogens is 1. The molecule has 0 unspecified atom stereocenters. The number of nitrogens with zero attached hydrogens (tertiary/aromatic N) is 2. The molecule has 0 spiro atoms. The van der Waals surface area contributed by atoms with Gasteiger partial charge in [-0.15, -0.1) is 0 Å². The zero-order chi connectivity index (χ0) is 13.4. The number of hydrogen-bond acceptors (Lipinski definition) is 2. The van der Waals surface area contributed by atoms with Gasteiger partial charge < -0.3 is 14.8 Å². The number of likely N-dealkylation sites (N-methyl/N-ethyl adjacent to an activating group) is 1. The molecule has 1 fully saturated rings. The molecular weight excluding hydrogens is 262 g/mol. The minimum absolute atomic E-state index is 0.00528. The van der Waals surface area contributed by atoms with Crippen LogP contribution in [0.2, 0.25) is 5.02 Å². The van der Waals surface area contributed by atoms with E-state index in [0.29, 0.717) is 10.7 Å². The van der Waals surface area contributed by atoms with Crippen molar-refractivity contribution in [3.63, 3.8) is 0 Å². The van der Waals surface area contributed by atoms with E-state index in [1.54, 1.807) is 0 Å². The fourth-order valence-electron chi connectivity index (χ4n) is 2.42. The lowest BCUT2D eigenvalue weighted by molar-refractivity contribution is 0.0659. The van der Waals surface area contributed by atoms with Gasteiger partial charge in [-0.3, -0.25) is 4.79 Å². The average molecular weight is 278 g/mol. The summed E-state index contributed by atoms with van der Waals surface area (Å²) in [7, 11) is 2.07. The predicted molar refractivity (Wildman–Crippen MR) is 76.7 cm³/mol. The molecule has 2 heterocycles. The predicted octanol–water partition coefficient (Wildman–Crippen LogP) is 2.21. The van der Waals surface area contributed by atoms with Crippen molar-refractivity contribution in [2.24, 2.45) is 0 Å². The lowest BCUT2D eigenvalue weighted by atomic mass is 10.2. The molecule has 1 saturated heterocycles. The van der Waals surface area contributed by atoms with E-state index in [2.05, 4.69) is 16.9 Å². The fourth-order valence-corrected chi connectivity index (χ4v) is 2.72. The molecule has 0 aliphatic carbocycles. The van der Waals surface area contributed by atoms with Crippen LogP contribution >= 0.6 is 11.6 Å². The number of aromatic nitrogens is 1. The van der Waals surface area contributed by atoms with Crippen LogP contribution in [0.25, 0.3) is 10.9 Å². The number of rotatable bonds is 1. The molecule has 0 bridgehead atoms. The molecule has 5 heteroatoms. The lowest BCUT2D eigenvalue weighted by Gasteiger charge is -2.32. The second-order valence-corrected chi connectivity index (χ2v) is 5.33. The van der Waals surface area contributed by atoms with Gasteiger partial charge in [0, 0.05) is 37.1 Å². The second-order valence-electron chi connectivity index (χ2n) is 4.96. The van der Waals surface area contributed by atoms with Gasteiger partial charge in [-0.2, -0.15) is 0 Å². The summed E-state index contributed by atoms with van der Waals surface area (Å²) < 4.78 is 0. The molecule has 19 heavy (non-hydrogen) atoms. The van der Waals surface area contributed by atoms with Crippen molar-refractivity contribution in [3.05, 3.63) is 35.0 Å². The van der Waals surface area contributed by atoms with E-state index in [-0.39, 0.29) is 5.91 Å². The molecule has 2 aromatic rings. The second kappa shape index (κ2) is 4.87. The first-order valence-electron chi connectivity index (χ1n) is 6.41. The van der Waals surface area contributed by atoms with Crippen molar-refractivity contribution in [2.75, 3.05) is 33.2 Å². The number of fused-ring (bicyclic) bond motifs is 1. The van der Waals surface area contributed by atoms with Crippen LogP contribution in [0, 0.1) is 0 Å². The Balaban J connectivity index is 1.91. The Morgan fingerprint density at radius 2 is 1.89 bits per heavy atom. The van der Waals surface area contributed by atoms with E-state index in [0.717, 1.165) is 37.1 Å². The molecule has 1 aliphatic heterocycles. The van der Waals surface area contributed by atoms with E-state index in [1.807, 2.05) is 29.2 Å². The minimum atomic E-state index is -0.00528. The molecule has 0 radical (unpaired) electrons. The summed E-state index contributed by atoms with van der Waals surface area (Å²) in [5, 5.41) is 1.43. The summed E-state index contributed by atoms with van der Waals surface area (Å²) >= 11 is 6.31. The van der Waals surface area contributed by atoms with Gasteiger partial charge in [0.05, 0.1) is 5.02 Å². The van der Waals surface area contributed by atoms with Crippen molar-refractivity contribution >= 4 is 28.4 Å². The molecular formula is C14H16ClN3O. The van der Waals surface area contributed by atoms with Crippen LogP contribution in [-0.4, -0.2) is 53.9 Å². The number of carbonyl (C=O) groups excluding carboxylic acids is 1. The van der Waals surface area contributed by atoms with E-state index in [1.165, 1.54) is 0 Å². The normalized spacial score (nSPS) is 17.1. The standard InChI is InChI=1S/C14H16ClN3O/c1-17-6-8-18(9-7-17)14(19)13-12(15)10-4-2-3-5-11(10)16-13/h2-5,16H,6-9H2,1H3. The third kappa shape index (κ3) is 2.22. The number of aromatic amines is 1. The molecule has 0 saturated carbocycles. The van der Waals surface area contributed by atoms with Gasteiger partial charge in [0.2, 0.25) is 0 Å². The van der Waals surface area contributed by atoms with Crippen LogP contribution in [0.4, 0.5) is 0 Å². The fraction of sp³-hybridized carbons (Fsp3) is 0.357. The summed E-state index contributed by atoms with van der Waals surface area (Å²) in [6.07, 6.45) is 0. The number of carbonyl (C=O) groups is 1. The minimum Gasteiger partial charge on any atom is -0.349 e. The quantitative estimate of drug-likeness (QED) is 0.868. The molecule has 1 N–H and O–H groups in total. The van der Waals surface area contributed by atoms with E-state index in [9.17, 15) is 4.79 Å². The molecule has 1 aromatic carbocycles. The first-order valence-corrected chi connectivity index (χ1v) is 6.78. The summed E-state index contributed by atoms with van der Waals surface area (Å²) in [5.74, 6) is -0.00528. The van der Waals surface area contributed by atoms with Crippen LogP contribution in [0.15, 0.2) is 24.3 Å². The summed E-state index contributed by atoms with van der Waals surface area (Å²) in [6, 6.07) is 7.71. The number of nitrogens with one attached hydrogen (secondary N) is 1. The molecule has 1 aromatic heterocycles. The zero-order valence-corrected chi connectivity index (χ0v) is 11.6. The number of benzene rings is 1. The van der Waals surface area contributed by atoms with Crippen molar-refractivity contribution in [2.45, 2.75) is 0 Å². The van der Waals surface area contributed by atoms with Crippen LogP contribution in [0.3, 0.4) is 0 Å². The highest BCUT2D eigenvalue weighted by Gasteiger charge is 2.24. The molecule has 0 atom stereocenters. The lowest BCUT2D eigenvalue weighted by Crippen LogP contribution is -2.47. The van der Waals surface area contributed by atoms with Crippen molar-refractivity contribution < 1.29 is 4.79 Å². The first kappa shape index (κ1) is 12.5. The van der Waals surface area contributed by atoms with E-state index in [4.69, 9.17) is 11.6 Å². The Kier molecular flexibility index (Phi) is 3.21. The van der Waals surface area contributed by atoms with E-state index < -0.39 is 0 Å². The number of H-pyrrole nitrogens is 1. The maximum Gasteiger partial charge on any atom is 0.271 e. The van der Waals surface area contributed by atoms with E-state index >= 15 is 0 Å². The van der Waals surface area contributed by atoms with Crippen molar-refractivity contribution in [1.29, 1.82) is 0 Å². The van der Waals surface area contributed by atoms with Crippen LogP contribution < -0.4 is 0 Å². The SMILES string of the molecule is CN1CCN(C(=O)c2[nH]c3ccccc3c2Cl)CC1. The Labute approximate surface area is 116 Å². The van der Waals surface area contributed by atoms with Gasteiger partial charge in [-0.1, -0.05) is 29.8 Å². The molecule has 1 aliphatic rings.